The van der Waals surface area contributed by atoms with E-state index in [0.717, 1.165) is 5.56 Å². The number of amides is 2. The van der Waals surface area contributed by atoms with Crippen LogP contribution in [-0.4, -0.2) is 36.5 Å². The zero-order valence-corrected chi connectivity index (χ0v) is 14.5. The second kappa shape index (κ2) is 10.9. The number of ether oxygens (including phenoxy) is 1. The van der Waals surface area contributed by atoms with E-state index in [1.165, 1.54) is 6.92 Å². The van der Waals surface area contributed by atoms with Crippen LogP contribution in [0.1, 0.15) is 38.2 Å². The van der Waals surface area contributed by atoms with Gasteiger partial charge in [-0.15, -0.1) is 0 Å². The third-order valence-corrected chi connectivity index (χ3v) is 3.34. The molecule has 136 valence electrons. The predicted octanol–water partition coefficient (Wildman–Crippen LogP) is 1.93. The van der Waals surface area contributed by atoms with Crippen molar-refractivity contribution >= 4 is 23.9 Å². The van der Waals surface area contributed by atoms with Gasteiger partial charge in [-0.05, 0) is 36.6 Å². The first-order chi connectivity index (χ1) is 11.9. The number of hydrogen-bond donors (Lipinski definition) is 3. The number of aliphatic carboxylic acids is 1. The summed E-state index contributed by atoms with van der Waals surface area (Å²) in [5, 5.41) is 13.8. The zero-order chi connectivity index (χ0) is 18.7. The molecule has 0 aliphatic carbocycles. The number of unbranched alkanes of at least 4 members (excludes halogenated alkanes) is 2. The van der Waals surface area contributed by atoms with E-state index in [9.17, 15) is 14.4 Å². The van der Waals surface area contributed by atoms with Crippen LogP contribution in [0.2, 0.25) is 0 Å². The molecule has 0 unspecified atom stereocenters. The van der Waals surface area contributed by atoms with E-state index in [1.54, 1.807) is 37.5 Å². The molecule has 3 N–H and O–H groups in total. The molecular formula is C18H24N2O5. The molecule has 0 heterocycles. The molecule has 0 fully saturated rings. The molecule has 7 heteroatoms. The van der Waals surface area contributed by atoms with Crippen molar-refractivity contribution < 1.29 is 24.2 Å². The van der Waals surface area contributed by atoms with Gasteiger partial charge in [0.2, 0.25) is 5.91 Å². The number of rotatable bonds is 10. The van der Waals surface area contributed by atoms with Crippen LogP contribution in [0.3, 0.4) is 0 Å². The van der Waals surface area contributed by atoms with E-state index in [4.69, 9.17) is 9.84 Å². The highest BCUT2D eigenvalue weighted by molar-refractivity contribution is 6.00. The minimum absolute atomic E-state index is 0.127. The Balaban J connectivity index is 2.61. The molecule has 0 saturated carbocycles. The van der Waals surface area contributed by atoms with Gasteiger partial charge in [-0.3, -0.25) is 14.4 Å². The molecule has 1 aromatic rings. The van der Waals surface area contributed by atoms with Gasteiger partial charge in [0.25, 0.3) is 5.91 Å². The average Bonchev–Trinajstić information content (AvgIpc) is 2.57. The minimum atomic E-state index is -0.820. The lowest BCUT2D eigenvalue weighted by atomic mass is 10.1. The normalized spacial score (nSPS) is 10.9. The molecule has 0 radical (unpaired) electrons. The molecule has 0 aliphatic rings. The third-order valence-electron chi connectivity index (χ3n) is 3.34. The number of benzene rings is 1. The molecule has 2 amide bonds. The number of carbonyl (C=O) groups is 3. The summed E-state index contributed by atoms with van der Waals surface area (Å²) in [5.74, 6) is -0.843. The smallest absolute Gasteiger partial charge is 0.303 e. The van der Waals surface area contributed by atoms with Crippen molar-refractivity contribution in [1.29, 1.82) is 0 Å². The van der Waals surface area contributed by atoms with Gasteiger partial charge >= 0.3 is 5.97 Å². The number of methoxy groups -OCH3 is 1. The van der Waals surface area contributed by atoms with Crippen LogP contribution < -0.4 is 15.4 Å². The van der Waals surface area contributed by atoms with Gasteiger partial charge in [-0.1, -0.05) is 18.6 Å². The third kappa shape index (κ3) is 8.55. The standard InChI is InChI=1S/C18H24N2O5/c1-13(21)20-16(12-14-7-9-15(25-2)10-8-14)18(24)19-11-5-3-4-6-17(22)23/h7-10,12H,3-6,11H2,1-2H3,(H,19,24)(H,20,21)(H,22,23)/b16-12+. The Labute approximate surface area is 147 Å². The molecule has 0 saturated heterocycles. The Morgan fingerprint density at radius 1 is 1.12 bits per heavy atom. The Kier molecular flexibility index (Phi) is 8.78. The van der Waals surface area contributed by atoms with Crippen molar-refractivity contribution in [3.8, 4) is 5.75 Å². The van der Waals surface area contributed by atoms with Crippen molar-refractivity contribution in [2.75, 3.05) is 13.7 Å². The van der Waals surface area contributed by atoms with Crippen molar-refractivity contribution in [2.45, 2.75) is 32.6 Å². The molecule has 0 bridgehead atoms. The summed E-state index contributed by atoms with van der Waals surface area (Å²) >= 11 is 0. The van der Waals surface area contributed by atoms with Crippen LogP contribution in [0.5, 0.6) is 5.75 Å². The Morgan fingerprint density at radius 3 is 2.36 bits per heavy atom. The SMILES string of the molecule is COc1ccc(/C=C(/NC(C)=O)C(=O)NCCCCCC(=O)O)cc1. The molecule has 1 aromatic carbocycles. The summed E-state index contributed by atoms with van der Waals surface area (Å²) < 4.78 is 5.08. The maximum absolute atomic E-state index is 12.2. The van der Waals surface area contributed by atoms with E-state index >= 15 is 0 Å². The zero-order valence-electron chi connectivity index (χ0n) is 14.5. The highest BCUT2D eigenvalue weighted by Crippen LogP contribution is 2.13. The summed E-state index contributed by atoms with van der Waals surface area (Å²) in [6.07, 6.45) is 3.67. The second-order valence-electron chi connectivity index (χ2n) is 5.47. The lowest BCUT2D eigenvalue weighted by Crippen LogP contribution is -2.34. The number of carboxylic acids is 1. The van der Waals surface area contributed by atoms with Gasteiger partial charge in [0, 0.05) is 19.9 Å². The van der Waals surface area contributed by atoms with Gasteiger partial charge in [0.05, 0.1) is 7.11 Å². The van der Waals surface area contributed by atoms with E-state index in [0.29, 0.717) is 31.6 Å². The molecular weight excluding hydrogens is 324 g/mol. The Bertz CT molecular complexity index is 623. The van der Waals surface area contributed by atoms with E-state index in [1.807, 2.05) is 0 Å². The van der Waals surface area contributed by atoms with Crippen LogP contribution in [0.15, 0.2) is 30.0 Å². The van der Waals surface area contributed by atoms with Crippen LogP contribution in [0, 0.1) is 0 Å². The maximum Gasteiger partial charge on any atom is 0.303 e. The fourth-order valence-corrected chi connectivity index (χ4v) is 2.09. The monoisotopic (exact) mass is 348 g/mol. The van der Waals surface area contributed by atoms with Gasteiger partial charge in [0.1, 0.15) is 11.4 Å². The largest absolute Gasteiger partial charge is 0.497 e. The summed E-state index contributed by atoms with van der Waals surface area (Å²) in [5.41, 5.74) is 0.907. The van der Waals surface area contributed by atoms with Gasteiger partial charge in [-0.25, -0.2) is 0 Å². The average molecular weight is 348 g/mol. The summed E-state index contributed by atoms with van der Waals surface area (Å²) in [6.45, 7) is 1.75. The molecule has 0 spiro atoms. The quantitative estimate of drug-likeness (QED) is 0.443. The molecule has 25 heavy (non-hydrogen) atoms. The van der Waals surface area contributed by atoms with Crippen molar-refractivity contribution in [2.24, 2.45) is 0 Å². The minimum Gasteiger partial charge on any atom is -0.497 e. The molecule has 0 atom stereocenters. The van der Waals surface area contributed by atoms with E-state index in [2.05, 4.69) is 10.6 Å². The van der Waals surface area contributed by atoms with Gasteiger partial charge in [-0.2, -0.15) is 0 Å². The number of hydrogen-bond acceptors (Lipinski definition) is 4. The summed E-state index contributed by atoms with van der Waals surface area (Å²) in [7, 11) is 1.57. The first-order valence-corrected chi connectivity index (χ1v) is 8.05. The molecule has 0 aliphatic heterocycles. The predicted molar refractivity (Wildman–Crippen MR) is 93.9 cm³/mol. The van der Waals surface area contributed by atoms with Crippen LogP contribution in [0.4, 0.5) is 0 Å². The summed E-state index contributed by atoms with van der Waals surface area (Å²) in [4.78, 5) is 34.0. The summed E-state index contributed by atoms with van der Waals surface area (Å²) in [6, 6.07) is 7.08. The fraction of sp³-hybridized carbons (Fsp3) is 0.389. The van der Waals surface area contributed by atoms with Crippen LogP contribution >= 0.6 is 0 Å². The first-order valence-electron chi connectivity index (χ1n) is 8.05. The van der Waals surface area contributed by atoms with Crippen LogP contribution in [-0.2, 0) is 14.4 Å². The highest BCUT2D eigenvalue weighted by atomic mass is 16.5. The Morgan fingerprint density at radius 2 is 1.80 bits per heavy atom. The van der Waals surface area contributed by atoms with Crippen molar-refractivity contribution in [1.82, 2.24) is 10.6 Å². The van der Waals surface area contributed by atoms with E-state index in [-0.39, 0.29) is 23.9 Å². The van der Waals surface area contributed by atoms with Gasteiger partial charge < -0.3 is 20.5 Å². The lowest BCUT2D eigenvalue weighted by Gasteiger charge is -2.10. The first kappa shape index (κ1) is 20.2. The molecule has 7 nitrogen and oxygen atoms in total. The molecule has 1 rings (SSSR count). The lowest BCUT2D eigenvalue weighted by molar-refractivity contribution is -0.137. The van der Waals surface area contributed by atoms with Crippen molar-refractivity contribution in [3.05, 3.63) is 35.5 Å². The number of carboxylic acid groups (broad SMARTS) is 1. The van der Waals surface area contributed by atoms with E-state index < -0.39 is 5.97 Å². The number of carbonyl (C=O) groups excluding carboxylic acids is 2. The van der Waals surface area contributed by atoms with Crippen LogP contribution in [0.25, 0.3) is 6.08 Å². The highest BCUT2D eigenvalue weighted by Gasteiger charge is 2.10. The van der Waals surface area contributed by atoms with Gasteiger partial charge in [0.15, 0.2) is 0 Å². The maximum atomic E-state index is 12.2. The van der Waals surface area contributed by atoms with Crippen molar-refractivity contribution in [3.63, 3.8) is 0 Å². The fourth-order valence-electron chi connectivity index (χ4n) is 2.09. The second-order valence-corrected chi connectivity index (χ2v) is 5.47. The molecule has 0 aromatic heterocycles. The number of nitrogens with one attached hydrogen (secondary N) is 2. The Hall–Kier alpha value is -2.83. The topological polar surface area (TPSA) is 105 Å².